The normalized spacial score (nSPS) is 18.7. The number of aliphatic hydroxyl groups is 1. The molecule has 0 saturated heterocycles. The quantitative estimate of drug-likeness (QED) is 0.662. The fraction of sp³-hybridized carbons (Fsp3) is 0.273. The van der Waals surface area contributed by atoms with Crippen molar-refractivity contribution in [2.75, 3.05) is 12.4 Å². The summed E-state index contributed by atoms with van der Waals surface area (Å²) >= 11 is 0. The van der Waals surface area contributed by atoms with E-state index in [2.05, 4.69) is 15.3 Å². The minimum absolute atomic E-state index is 0.284. The molecule has 1 aliphatic carbocycles. The van der Waals surface area contributed by atoms with E-state index < -0.39 is 17.8 Å². The van der Waals surface area contributed by atoms with Gasteiger partial charge in [-0.2, -0.15) is 13.2 Å². The highest BCUT2D eigenvalue weighted by molar-refractivity contribution is 5.68. The van der Waals surface area contributed by atoms with Gasteiger partial charge >= 0.3 is 6.18 Å². The van der Waals surface area contributed by atoms with E-state index in [1.165, 1.54) is 18.5 Å². The van der Waals surface area contributed by atoms with Crippen LogP contribution in [0.1, 0.15) is 16.7 Å². The summed E-state index contributed by atoms with van der Waals surface area (Å²) in [6.45, 7) is 0. The summed E-state index contributed by atoms with van der Waals surface area (Å²) in [4.78, 5) is 8.42. The van der Waals surface area contributed by atoms with Crippen molar-refractivity contribution in [3.05, 3.63) is 71.5 Å². The third-order valence-electron chi connectivity index (χ3n) is 5.28. The largest absolute Gasteiger partial charge is 0.416 e. The Morgan fingerprint density at radius 2 is 1.83 bits per heavy atom. The SMILES string of the molecule is COC1Cc2c(cccc2Nc2cc(-c3ccc(C(F)(F)F)cc3)ncn2)CC1O. The molecule has 8 heteroatoms. The lowest BCUT2D eigenvalue weighted by Gasteiger charge is -2.30. The van der Waals surface area contributed by atoms with E-state index in [-0.39, 0.29) is 6.10 Å². The van der Waals surface area contributed by atoms with Crippen molar-refractivity contribution in [1.82, 2.24) is 9.97 Å². The van der Waals surface area contributed by atoms with Crippen LogP contribution in [0.3, 0.4) is 0 Å². The predicted octanol–water partition coefficient (Wildman–Crippen LogP) is 4.38. The van der Waals surface area contributed by atoms with Crippen LogP contribution in [0.15, 0.2) is 54.9 Å². The zero-order valence-electron chi connectivity index (χ0n) is 16.1. The van der Waals surface area contributed by atoms with Crippen LogP contribution in [0.5, 0.6) is 0 Å². The summed E-state index contributed by atoms with van der Waals surface area (Å²) in [6, 6.07) is 12.3. The number of aliphatic hydroxyl groups excluding tert-OH is 1. The molecule has 30 heavy (non-hydrogen) atoms. The topological polar surface area (TPSA) is 67.3 Å². The van der Waals surface area contributed by atoms with Crippen molar-refractivity contribution in [1.29, 1.82) is 0 Å². The van der Waals surface area contributed by atoms with Crippen molar-refractivity contribution in [3.63, 3.8) is 0 Å². The Hall–Kier alpha value is -2.97. The van der Waals surface area contributed by atoms with Crippen LogP contribution in [0.2, 0.25) is 0 Å². The van der Waals surface area contributed by atoms with Gasteiger partial charge < -0.3 is 15.2 Å². The van der Waals surface area contributed by atoms with Crippen molar-refractivity contribution >= 4 is 11.5 Å². The molecule has 1 heterocycles. The Kier molecular flexibility index (Phi) is 5.44. The predicted molar refractivity (Wildman–Crippen MR) is 106 cm³/mol. The maximum Gasteiger partial charge on any atom is 0.416 e. The molecule has 2 unspecified atom stereocenters. The number of anilines is 2. The molecule has 0 aliphatic heterocycles. The Morgan fingerprint density at radius 1 is 1.07 bits per heavy atom. The van der Waals surface area contributed by atoms with Gasteiger partial charge in [0.2, 0.25) is 0 Å². The average molecular weight is 415 g/mol. The Bertz CT molecular complexity index is 1040. The lowest BCUT2D eigenvalue weighted by atomic mass is 9.86. The second-order valence-electron chi connectivity index (χ2n) is 7.18. The highest BCUT2D eigenvalue weighted by Gasteiger charge is 2.30. The molecular weight excluding hydrogens is 395 g/mol. The second kappa shape index (κ2) is 8.04. The second-order valence-corrected chi connectivity index (χ2v) is 7.18. The molecule has 4 rings (SSSR count). The van der Waals surface area contributed by atoms with Crippen molar-refractivity contribution in [2.45, 2.75) is 31.2 Å². The van der Waals surface area contributed by atoms with Crippen LogP contribution < -0.4 is 5.32 Å². The van der Waals surface area contributed by atoms with E-state index in [9.17, 15) is 18.3 Å². The lowest BCUT2D eigenvalue weighted by molar-refractivity contribution is -0.137. The molecule has 0 saturated carbocycles. The molecule has 5 nitrogen and oxygen atoms in total. The monoisotopic (exact) mass is 415 g/mol. The number of methoxy groups -OCH3 is 1. The summed E-state index contributed by atoms with van der Waals surface area (Å²) < 4.78 is 43.7. The standard InChI is InChI=1S/C22H20F3N3O2/c1-30-20-10-16-14(9-19(20)29)3-2-4-17(16)28-21-11-18(26-12-27-21)13-5-7-15(8-6-13)22(23,24)25/h2-8,11-12,19-20,29H,9-10H2,1H3,(H,26,27,28). The van der Waals surface area contributed by atoms with Crippen LogP contribution in [0, 0.1) is 0 Å². The Labute approximate surface area is 171 Å². The van der Waals surface area contributed by atoms with Crippen LogP contribution >= 0.6 is 0 Å². The van der Waals surface area contributed by atoms with E-state index in [0.717, 1.165) is 28.9 Å². The van der Waals surface area contributed by atoms with Gasteiger partial charge in [-0.1, -0.05) is 24.3 Å². The Morgan fingerprint density at radius 3 is 2.53 bits per heavy atom. The summed E-state index contributed by atoms with van der Waals surface area (Å²) in [5.41, 5.74) is 3.30. The van der Waals surface area contributed by atoms with E-state index >= 15 is 0 Å². The highest BCUT2D eigenvalue weighted by Crippen LogP contribution is 2.33. The molecule has 2 atom stereocenters. The number of benzene rings is 2. The number of rotatable bonds is 4. The number of fused-ring (bicyclic) bond motifs is 1. The van der Waals surface area contributed by atoms with Gasteiger partial charge in [0.15, 0.2) is 0 Å². The number of nitrogens with one attached hydrogen (secondary N) is 1. The third-order valence-corrected chi connectivity index (χ3v) is 5.28. The Balaban J connectivity index is 1.60. The first kappa shape index (κ1) is 20.3. The van der Waals surface area contributed by atoms with Gasteiger partial charge in [0.25, 0.3) is 0 Å². The van der Waals surface area contributed by atoms with Crippen LogP contribution in [0.4, 0.5) is 24.7 Å². The fourth-order valence-corrected chi connectivity index (χ4v) is 3.67. The molecule has 2 aromatic carbocycles. The number of nitrogens with zero attached hydrogens (tertiary/aromatic N) is 2. The van der Waals surface area contributed by atoms with Crippen LogP contribution in [0.25, 0.3) is 11.3 Å². The minimum Gasteiger partial charge on any atom is -0.390 e. The van der Waals surface area contributed by atoms with Gasteiger partial charge in [-0.05, 0) is 29.3 Å². The molecule has 0 radical (unpaired) electrons. The summed E-state index contributed by atoms with van der Waals surface area (Å²) in [7, 11) is 1.58. The first-order valence-electron chi connectivity index (χ1n) is 9.43. The number of ether oxygens (including phenoxy) is 1. The highest BCUT2D eigenvalue weighted by atomic mass is 19.4. The van der Waals surface area contributed by atoms with Crippen molar-refractivity contribution in [2.24, 2.45) is 0 Å². The first-order valence-corrected chi connectivity index (χ1v) is 9.43. The van der Waals surface area contributed by atoms with Gasteiger partial charge in [-0.25, -0.2) is 9.97 Å². The maximum atomic E-state index is 12.8. The van der Waals surface area contributed by atoms with Crippen LogP contribution in [-0.2, 0) is 23.8 Å². The lowest BCUT2D eigenvalue weighted by Crippen LogP contribution is -2.36. The van der Waals surface area contributed by atoms with E-state index in [4.69, 9.17) is 4.74 Å². The molecule has 156 valence electrons. The smallest absolute Gasteiger partial charge is 0.390 e. The maximum absolute atomic E-state index is 12.8. The molecule has 0 fully saturated rings. The minimum atomic E-state index is -4.38. The van der Waals surface area contributed by atoms with E-state index in [0.29, 0.717) is 29.9 Å². The van der Waals surface area contributed by atoms with Gasteiger partial charge in [0.05, 0.1) is 23.5 Å². The van der Waals surface area contributed by atoms with Crippen molar-refractivity contribution < 1.29 is 23.0 Å². The molecular formula is C22H20F3N3O2. The molecule has 0 amide bonds. The summed E-state index contributed by atoms with van der Waals surface area (Å²) in [6.07, 6.45) is -2.78. The number of halogens is 3. The molecule has 2 N–H and O–H groups in total. The van der Waals surface area contributed by atoms with Crippen LogP contribution in [-0.4, -0.2) is 34.4 Å². The first-order chi connectivity index (χ1) is 14.3. The molecule has 0 spiro atoms. The number of alkyl halides is 3. The molecule has 0 bridgehead atoms. The van der Waals surface area contributed by atoms with Gasteiger partial charge in [0.1, 0.15) is 12.1 Å². The van der Waals surface area contributed by atoms with Gasteiger partial charge in [0, 0.05) is 37.3 Å². The zero-order chi connectivity index (χ0) is 21.3. The number of hydrogen-bond acceptors (Lipinski definition) is 5. The van der Waals surface area contributed by atoms with Gasteiger partial charge in [-0.15, -0.1) is 0 Å². The zero-order valence-corrected chi connectivity index (χ0v) is 16.1. The van der Waals surface area contributed by atoms with Crippen molar-refractivity contribution in [3.8, 4) is 11.3 Å². The van der Waals surface area contributed by atoms with Gasteiger partial charge in [-0.3, -0.25) is 0 Å². The summed E-state index contributed by atoms with van der Waals surface area (Å²) in [5.74, 6) is 0.522. The molecule has 1 aromatic heterocycles. The number of hydrogen-bond donors (Lipinski definition) is 2. The fourth-order valence-electron chi connectivity index (χ4n) is 3.67. The average Bonchev–Trinajstić information content (AvgIpc) is 2.73. The van der Waals surface area contributed by atoms with E-state index in [1.807, 2.05) is 18.2 Å². The third kappa shape index (κ3) is 4.15. The molecule has 3 aromatic rings. The molecule has 1 aliphatic rings. The number of aromatic nitrogens is 2. The van der Waals surface area contributed by atoms with E-state index in [1.54, 1.807) is 13.2 Å². The summed E-state index contributed by atoms with van der Waals surface area (Å²) in [5, 5.41) is 13.5.